The molecule has 5 rings (SSSR count). The van der Waals surface area contributed by atoms with Crippen LogP contribution < -0.4 is 10.1 Å². The van der Waals surface area contributed by atoms with Crippen LogP contribution in [0.25, 0.3) is 17.1 Å². The van der Waals surface area contributed by atoms with Crippen LogP contribution in [0.5, 0.6) is 5.88 Å². The maximum atomic E-state index is 13.3. The number of rotatable bonds is 9. The Morgan fingerprint density at radius 1 is 1.18 bits per heavy atom. The molecule has 1 saturated carbocycles. The number of ether oxygens (including phenoxy) is 1. The molecule has 0 aliphatic heterocycles. The minimum Gasteiger partial charge on any atom is -0.480 e. The minimum absolute atomic E-state index is 0.00396. The molecule has 208 valence electrons. The predicted molar refractivity (Wildman–Crippen MR) is 138 cm³/mol. The molecule has 0 atom stereocenters. The monoisotopic (exact) mass is 554 g/mol. The summed E-state index contributed by atoms with van der Waals surface area (Å²) >= 11 is 0. The van der Waals surface area contributed by atoms with Crippen LogP contribution in [-0.2, 0) is 12.7 Å². The molecule has 0 spiro atoms. The van der Waals surface area contributed by atoms with E-state index in [0.29, 0.717) is 22.5 Å². The Kier molecular flexibility index (Phi) is 7.08. The summed E-state index contributed by atoms with van der Waals surface area (Å²) in [5.41, 5.74) is 1.55. The number of hydrogen-bond donors (Lipinski definition) is 1. The van der Waals surface area contributed by atoms with Crippen molar-refractivity contribution in [3.8, 4) is 23.0 Å². The molecule has 1 aliphatic carbocycles. The fourth-order valence-electron chi connectivity index (χ4n) is 4.27. The summed E-state index contributed by atoms with van der Waals surface area (Å²) in [5, 5.41) is 18.5. The van der Waals surface area contributed by atoms with Gasteiger partial charge in [0, 0.05) is 18.2 Å². The third-order valence-corrected chi connectivity index (χ3v) is 6.45. The average Bonchev–Trinajstić information content (AvgIpc) is 3.67. The predicted octanol–water partition coefficient (Wildman–Crippen LogP) is 5.67. The maximum Gasteiger partial charge on any atom is 0.435 e. The molecule has 3 aromatic heterocycles. The molecule has 3 heterocycles. The van der Waals surface area contributed by atoms with Crippen LogP contribution in [0.4, 0.5) is 24.7 Å². The smallest absolute Gasteiger partial charge is 0.435 e. The van der Waals surface area contributed by atoms with Crippen LogP contribution in [0, 0.1) is 10.1 Å². The number of benzene rings is 1. The van der Waals surface area contributed by atoms with Crippen molar-refractivity contribution in [2.24, 2.45) is 0 Å². The topological polar surface area (TPSA) is 134 Å². The Labute approximate surface area is 226 Å². The van der Waals surface area contributed by atoms with Crippen LogP contribution in [0.2, 0.25) is 0 Å². The van der Waals surface area contributed by atoms with E-state index < -0.39 is 16.8 Å². The number of alkyl halides is 3. The molecule has 0 unspecified atom stereocenters. The first-order valence-corrected chi connectivity index (χ1v) is 12.5. The van der Waals surface area contributed by atoms with Gasteiger partial charge >= 0.3 is 11.9 Å². The number of methoxy groups -OCH3 is 1. The average molecular weight is 555 g/mol. The van der Waals surface area contributed by atoms with Gasteiger partial charge in [-0.25, -0.2) is 24.6 Å². The highest BCUT2D eigenvalue weighted by molar-refractivity contribution is 5.69. The quantitative estimate of drug-likeness (QED) is 0.205. The molecule has 1 N–H and O–H groups in total. The van der Waals surface area contributed by atoms with Crippen molar-refractivity contribution >= 4 is 11.5 Å². The molecule has 0 bridgehead atoms. The number of nitrogens with zero attached hydrogens (tertiary/aromatic N) is 7. The van der Waals surface area contributed by atoms with Gasteiger partial charge in [-0.2, -0.15) is 18.3 Å². The van der Waals surface area contributed by atoms with Crippen molar-refractivity contribution in [1.82, 2.24) is 29.7 Å². The third kappa shape index (κ3) is 5.42. The van der Waals surface area contributed by atoms with E-state index in [4.69, 9.17) is 4.74 Å². The van der Waals surface area contributed by atoms with Crippen molar-refractivity contribution in [2.45, 2.75) is 51.2 Å². The zero-order valence-electron chi connectivity index (χ0n) is 21.8. The lowest BCUT2D eigenvalue weighted by molar-refractivity contribution is -0.384. The second kappa shape index (κ2) is 10.5. The van der Waals surface area contributed by atoms with Gasteiger partial charge < -0.3 is 10.1 Å². The van der Waals surface area contributed by atoms with Crippen molar-refractivity contribution in [3.63, 3.8) is 0 Å². The molecule has 11 nitrogen and oxygen atoms in total. The molecular weight excluding hydrogens is 529 g/mol. The number of halogens is 3. The van der Waals surface area contributed by atoms with E-state index in [1.807, 2.05) is 0 Å². The minimum atomic E-state index is -4.56. The van der Waals surface area contributed by atoms with Gasteiger partial charge in [0.25, 0.3) is 0 Å². The van der Waals surface area contributed by atoms with Crippen LogP contribution in [0.3, 0.4) is 0 Å². The van der Waals surface area contributed by atoms with Gasteiger partial charge in [-0.3, -0.25) is 10.1 Å². The summed E-state index contributed by atoms with van der Waals surface area (Å²) in [5.74, 6) is 0.504. The van der Waals surface area contributed by atoms with Gasteiger partial charge in [0.15, 0.2) is 11.5 Å². The lowest BCUT2D eigenvalue weighted by Gasteiger charge is -2.13. The van der Waals surface area contributed by atoms with E-state index in [2.05, 4.69) is 30.4 Å². The highest BCUT2D eigenvalue weighted by Gasteiger charge is 2.35. The molecule has 4 aromatic rings. The van der Waals surface area contributed by atoms with Crippen LogP contribution >= 0.6 is 0 Å². The Hall–Kier alpha value is -4.62. The van der Waals surface area contributed by atoms with Gasteiger partial charge in [0.2, 0.25) is 11.7 Å². The van der Waals surface area contributed by atoms with Crippen molar-refractivity contribution in [3.05, 3.63) is 75.6 Å². The van der Waals surface area contributed by atoms with Gasteiger partial charge in [-0.1, -0.05) is 26.0 Å². The zero-order valence-corrected chi connectivity index (χ0v) is 21.8. The SMILES string of the molecule is COc1ncnc(C2CC2)c1-c1ncc([N+](=O)[O-])c(NCc2ccc(-n3nc(C(F)(F)F)cc3C(C)C)cc2)n1. The van der Waals surface area contributed by atoms with Crippen LogP contribution in [-0.4, -0.2) is 41.7 Å². The molecular formula is C26H25F3N8O3. The van der Waals surface area contributed by atoms with Gasteiger partial charge in [0.05, 0.1) is 23.4 Å². The second-order valence-corrected chi connectivity index (χ2v) is 9.64. The van der Waals surface area contributed by atoms with Gasteiger partial charge in [-0.15, -0.1) is 0 Å². The largest absolute Gasteiger partial charge is 0.480 e. The summed E-state index contributed by atoms with van der Waals surface area (Å²) < 4.78 is 46.5. The zero-order chi connectivity index (χ0) is 28.6. The lowest BCUT2D eigenvalue weighted by atomic mass is 10.1. The van der Waals surface area contributed by atoms with Crippen molar-refractivity contribution in [2.75, 3.05) is 12.4 Å². The molecule has 0 amide bonds. The lowest BCUT2D eigenvalue weighted by Crippen LogP contribution is -2.09. The standard InChI is InChI=1S/C26H25F3N8O3/c1-14(2)18-10-20(26(27,28)29)35-36(18)17-8-4-15(5-9-17)11-30-23-19(37(38)39)12-31-24(34-23)21-22(16-6-7-16)32-13-33-25(21)40-3/h4-5,8-10,12-14,16H,6-7,11H2,1-3H3,(H,30,31,34). The van der Waals surface area contributed by atoms with Crippen molar-refractivity contribution < 1.29 is 22.8 Å². The number of aromatic nitrogens is 6. The van der Waals surface area contributed by atoms with E-state index in [9.17, 15) is 23.3 Å². The van der Waals surface area contributed by atoms with Gasteiger partial charge in [0.1, 0.15) is 18.1 Å². The molecule has 1 fully saturated rings. The van der Waals surface area contributed by atoms with Gasteiger partial charge in [-0.05, 0) is 42.5 Å². The summed E-state index contributed by atoms with van der Waals surface area (Å²) in [6, 6.07) is 7.74. The normalized spacial score (nSPS) is 13.5. The number of anilines is 1. The Bertz CT molecular complexity index is 1550. The Morgan fingerprint density at radius 2 is 1.90 bits per heavy atom. The second-order valence-electron chi connectivity index (χ2n) is 9.64. The van der Waals surface area contributed by atoms with E-state index in [1.165, 1.54) is 18.1 Å². The van der Waals surface area contributed by atoms with Crippen LogP contribution in [0.15, 0.2) is 42.9 Å². The van der Waals surface area contributed by atoms with E-state index in [0.717, 1.165) is 30.8 Å². The number of hydrogen-bond acceptors (Lipinski definition) is 9. The highest BCUT2D eigenvalue weighted by Crippen LogP contribution is 2.45. The van der Waals surface area contributed by atoms with E-state index >= 15 is 0 Å². The molecule has 1 aromatic carbocycles. The van der Waals surface area contributed by atoms with Crippen LogP contribution in [0.1, 0.15) is 61.2 Å². The first-order valence-electron chi connectivity index (χ1n) is 12.5. The molecule has 14 heteroatoms. The third-order valence-electron chi connectivity index (χ3n) is 6.45. The van der Waals surface area contributed by atoms with E-state index in [-0.39, 0.29) is 41.6 Å². The molecule has 0 radical (unpaired) electrons. The molecule has 1 aliphatic rings. The summed E-state index contributed by atoms with van der Waals surface area (Å²) in [6.07, 6.45) is -0.118. The first-order chi connectivity index (χ1) is 19.1. The molecule has 40 heavy (non-hydrogen) atoms. The first kappa shape index (κ1) is 27.0. The highest BCUT2D eigenvalue weighted by atomic mass is 19.4. The fraction of sp³-hybridized carbons (Fsp3) is 0.346. The summed E-state index contributed by atoms with van der Waals surface area (Å²) in [7, 11) is 1.47. The Balaban J connectivity index is 1.42. The number of nitrogens with one attached hydrogen (secondary N) is 1. The summed E-state index contributed by atoms with van der Waals surface area (Å²) in [6.45, 7) is 3.73. The van der Waals surface area contributed by atoms with E-state index in [1.54, 1.807) is 38.1 Å². The fourth-order valence-corrected chi connectivity index (χ4v) is 4.27. The summed E-state index contributed by atoms with van der Waals surface area (Å²) in [4.78, 5) is 28.3. The van der Waals surface area contributed by atoms with Crippen molar-refractivity contribution in [1.29, 1.82) is 0 Å². The molecule has 0 saturated heterocycles. The Morgan fingerprint density at radius 3 is 2.50 bits per heavy atom. The number of nitro groups is 1. The maximum absolute atomic E-state index is 13.3.